The molecule has 2 rings (SSSR count). The van der Waals surface area contributed by atoms with E-state index in [4.69, 9.17) is 27.9 Å². The lowest BCUT2D eigenvalue weighted by Crippen LogP contribution is -2.31. The summed E-state index contributed by atoms with van der Waals surface area (Å²) in [5.41, 5.74) is 1.26. The molecule has 5 nitrogen and oxygen atoms in total. The van der Waals surface area contributed by atoms with Crippen LogP contribution in [0.3, 0.4) is 0 Å². The van der Waals surface area contributed by atoms with Crippen molar-refractivity contribution in [2.24, 2.45) is 0 Å². The molecule has 0 aromatic heterocycles. The Morgan fingerprint density at radius 1 is 1.08 bits per heavy atom. The van der Waals surface area contributed by atoms with Crippen LogP contribution in [0.2, 0.25) is 10.0 Å². The van der Waals surface area contributed by atoms with Crippen molar-refractivity contribution in [3.05, 3.63) is 64.1 Å². The van der Waals surface area contributed by atoms with Crippen molar-refractivity contribution in [2.45, 2.75) is 0 Å². The van der Waals surface area contributed by atoms with Crippen LogP contribution in [-0.4, -0.2) is 25.5 Å². The van der Waals surface area contributed by atoms with Crippen LogP contribution in [0.1, 0.15) is 5.56 Å². The molecule has 0 atom stereocenters. The summed E-state index contributed by atoms with van der Waals surface area (Å²) in [4.78, 5) is 23.6. The smallest absolute Gasteiger partial charge is 0.244 e. The highest BCUT2D eigenvalue weighted by Gasteiger charge is 2.05. The highest BCUT2D eigenvalue weighted by molar-refractivity contribution is 6.31. The van der Waals surface area contributed by atoms with Crippen molar-refractivity contribution in [2.75, 3.05) is 19.0 Å². The van der Waals surface area contributed by atoms with Crippen molar-refractivity contribution < 1.29 is 14.3 Å². The summed E-state index contributed by atoms with van der Waals surface area (Å²) in [5, 5.41) is 6.26. The number of carbonyl (C=O) groups is 2. The first kappa shape index (κ1) is 18.8. The third-order valence-electron chi connectivity index (χ3n) is 3.16. The van der Waals surface area contributed by atoms with E-state index in [-0.39, 0.29) is 12.5 Å². The van der Waals surface area contributed by atoms with Crippen molar-refractivity contribution in [1.29, 1.82) is 0 Å². The molecule has 0 saturated heterocycles. The Hall–Kier alpha value is -2.50. The second-order valence-corrected chi connectivity index (χ2v) is 5.87. The van der Waals surface area contributed by atoms with E-state index in [0.29, 0.717) is 27.0 Å². The van der Waals surface area contributed by atoms with Gasteiger partial charge in [-0.25, -0.2) is 0 Å². The number of hydrogen-bond acceptors (Lipinski definition) is 3. The standard InChI is InChI=1S/C18H16Cl2N2O3/c1-25-16-8-5-14(20)10-12(16)2-9-17(23)21-11-18(24)22-15-6-3-13(19)4-7-15/h2-10H,11H2,1H3,(H,21,23)(H,22,24). The molecule has 2 amide bonds. The Morgan fingerprint density at radius 2 is 1.76 bits per heavy atom. The molecule has 7 heteroatoms. The van der Waals surface area contributed by atoms with Gasteiger partial charge in [0.1, 0.15) is 5.75 Å². The highest BCUT2D eigenvalue weighted by Crippen LogP contribution is 2.23. The molecule has 2 N–H and O–H groups in total. The first-order chi connectivity index (χ1) is 12.0. The second kappa shape index (κ2) is 9.11. The summed E-state index contributed by atoms with van der Waals surface area (Å²) in [6.45, 7) is -0.154. The van der Waals surface area contributed by atoms with E-state index < -0.39 is 5.91 Å². The summed E-state index contributed by atoms with van der Waals surface area (Å²) in [6, 6.07) is 11.8. The predicted octanol–water partition coefficient (Wildman–Crippen LogP) is 3.77. The molecule has 0 radical (unpaired) electrons. The molecule has 25 heavy (non-hydrogen) atoms. The summed E-state index contributed by atoms with van der Waals surface area (Å²) in [5.74, 6) is -0.161. The lowest BCUT2D eigenvalue weighted by Gasteiger charge is -2.06. The minimum absolute atomic E-state index is 0.154. The molecule has 0 aliphatic rings. The van der Waals surface area contributed by atoms with Crippen LogP contribution >= 0.6 is 23.2 Å². The van der Waals surface area contributed by atoms with Gasteiger partial charge in [-0.3, -0.25) is 9.59 Å². The van der Waals surface area contributed by atoms with Crippen LogP contribution in [0, 0.1) is 0 Å². The minimum Gasteiger partial charge on any atom is -0.496 e. The largest absolute Gasteiger partial charge is 0.496 e. The van der Waals surface area contributed by atoms with E-state index in [2.05, 4.69) is 10.6 Å². The molecular weight excluding hydrogens is 363 g/mol. The molecule has 0 spiro atoms. The fourth-order valence-corrected chi connectivity index (χ4v) is 2.27. The van der Waals surface area contributed by atoms with Crippen LogP contribution < -0.4 is 15.4 Å². The van der Waals surface area contributed by atoms with Crippen LogP contribution in [0.5, 0.6) is 5.75 Å². The zero-order chi connectivity index (χ0) is 18.2. The molecule has 2 aromatic rings. The van der Waals surface area contributed by atoms with E-state index in [0.717, 1.165) is 0 Å². The maximum atomic E-state index is 11.8. The van der Waals surface area contributed by atoms with Gasteiger partial charge in [0.25, 0.3) is 0 Å². The Morgan fingerprint density at radius 3 is 2.44 bits per heavy atom. The Labute approximate surface area is 155 Å². The third kappa shape index (κ3) is 6.14. The number of carbonyl (C=O) groups excluding carboxylic acids is 2. The van der Waals surface area contributed by atoms with Gasteiger partial charge in [-0.05, 0) is 48.5 Å². The van der Waals surface area contributed by atoms with Gasteiger partial charge in [0.15, 0.2) is 0 Å². The Kier molecular flexibility index (Phi) is 6.86. The minimum atomic E-state index is -0.409. The monoisotopic (exact) mass is 378 g/mol. The number of rotatable bonds is 6. The first-order valence-corrected chi connectivity index (χ1v) is 8.08. The quantitative estimate of drug-likeness (QED) is 0.751. The lowest BCUT2D eigenvalue weighted by atomic mass is 10.2. The van der Waals surface area contributed by atoms with Crippen LogP contribution in [0.25, 0.3) is 6.08 Å². The maximum absolute atomic E-state index is 11.8. The van der Waals surface area contributed by atoms with E-state index in [1.165, 1.54) is 13.2 Å². The van der Waals surface area contributed by atoms with E-state index in [1.807, 2.05) is 0 Å². The van der Waals surface area contributed by atoms with Gasteiger partial charge in [0.05, 0.1) is 13.7 Å². The van der Waals surface area contributed by atoms with Crippen LogP contribution in [0.4, 0.5) is 5.69 Å². The van der Waals surface area contributed by atoms with Gasteiger partial charge < -0.3 is 15.4 Å². The fraction of sp³-hybridized carbons (Fsp3) is 0.111. The first-order valence-electron chi connectivity index (χ1n) is 7.33. The van der Waals surface area contributed by atoms with Gasteiger partial charge in [-0.1, -0.05) is 23.2 Å². The normalized spacial score (nSPS) is 10.5. The van der Waals surface area contributed by atoms with Crippen molar-refractivity contribution >= 4 is 46.8 Å². The van der Waals surface area contributed by atoms with Crippen LogP contribution in [0.15, 0.2) is 48.5 Å². The number of benzene rings is 2. The highest BCUT2D eigenvalue weighted by atomic mass is 35.5. The number of anilines is 1. The summed E-state index contributed by atoms with van der Waals surface area (Å²) in [6.07, 6.45) is 2.88. The molecule has 0 saturated carbocycles. The van der Waals surface area contributed by atoms with E-state index in [9.17, 15) is 9.59 Å². The van der Waals surface area contributed by atoms with Crippen molar-refractivity contribution in [1.82, 2.24) is 5.32 Å². The van der Waals surface area contributed by atoms with Crippen molar-refractivity contribution in [3.8, 4) is 5.75 Å². The fourth-order valence-electron chi connectivity index (χ4n) is 1.97. The summed E-state index contributed by atoms with van der Waals surface area (Å²) >= 11 is 11.7. The second-order valence-electron chi connectivity index (χ2n) is 4.99. The summed E-state index contributed by atoms with van der Waals surface area (Å²) in [7, 11) is 1.53. The maximum Gasteiger partial charge on any atom is 0.244 e. The Bertz CT molecular complexity index is 789. The van der Waals surface area contributed by atoms with Gasteiger partial charge in [-0.2, -0.15) is 0 Å². The number of nitrogens with one attached hydrogen (secondary N) is 2. The van der Waals surface area contributed by atoms with Gasteiger partial charge in [-0.15, -0.1) is 0 Å². The Balaban J connectivity index is 1.87. The third-order valence-corrected chi connectivity index (χ3v) is 3.64. The molecular formula is C18H16Cl2N2O3. The number of ether oxygens (including phenoxy) is 1. The molecule has 130 valence electrons. The van der Waals surface area contributed by atoms with Gasteiger partial charge in [0.2, 0.25) is 11.8 Å². The molecule has 0 aliphatic carbocycles. The molecule has 0 unspecified atom stereocenters. The molecule has 0 bridgehead atoms. The molecule has 2 aromatic carbocycles. The molecule has 0 aliphatic heterocycles. The zero-order valence-electron chi connectivity index (χ0n) is 13.4. The van der Waals surface area contributed by atoms with Crippen LogP contribution in [-0.2, 0) is 9.59 Å². The lowest BCUT2D eigenvalue weighted by molar-refractivity contribution is -0.121. The predicted molar refractivity (Wildman–Crippen MR) is 100 cm³/mol. The number of halogens is 2. The summed E-state index contributed by atoms with van der Waals surface area (Å²) < 4.78 is 5.19. The zero-order valence-corrected chi connectivity index (χ0v) is 14.9. The molecule has 0 heterocycles. The average molecular weight is 379 g/mol. The van der Waals surface area contributed by atoms with E-state index >= 15 is 0 Å². The average Bonchev–Trinajstić information content (AvgIpc) is 2.60. The topological polar surface area (TPSA) is 67.4 Å². The SMILES string of the molecule is COc1ccc(Cl)cc1C=CC(=O)NCC(=O)Nc1ccc(Cl)cc1. The van der Waals surface area contributed by atoms with Gasteiger partial charge in [0, 0.05) is 27.4 Å². The number of methoxy groups -OCH3 is 1. The molecule has 0 fully saturated rings. The number of amides is 2. The van der Waals surface area contributed by atoms with E-state index in [1.54, 1.807) is 48.5 Å². The van der Waals surface area contributed by atoms with Crippen molar-refractivity contribution in [3.63, 3.8) is 0 Å². The number of hydrogen-bond donors (Lipinski definition) is 2. The van der Waals surface area contributed by atoms with Gasteiger partial charge >= 0.3 is 0 Å².